The van der Waals surface area contributed by atoms with Gasteiger partial charge in [0.25, 0.3) is 5.91 Å². The van der Waals surface area contributed by atoms with Gasteiger partial charge in [-0.15, -0.1) is 0 Å². The van der Waals surface area contributed by atoms with Gasteiger partial charge in [0.2, 0.25) is 0 Å². The van der Waals surface area contributed by atoms with E-state index in [0.717, 1.165) is 0 Å². The summed E-state index contributed by atoms with van der Waals surface area (Å²) >= 11 is 0. The number of aliphatic hydroxyl groups is 1. The van der Waals surface area contributed by atoms with Gasteiger partial charge in [-0.1, -0.05) is 66.7 Å². The van der Waals surface area contributed by atoms with E-state index in [0.29, 0.717) is 22.3 Å². The van der Waals surface area contributed by atoms with Crippen molar-refractivity contribution in [3.63, 3.8) is 0 Å². The number of nitrogens with zero attached hydrogens (tertiary/aromatic N) is 1. The SMILES string of the molecule is O=C(Oc1ccc(/C=N/NC(=O)C(O)c2ccccc2)cc1OC(=O)c1ccccc1)c1ccccc1. The molecular formula is C29H22N2O6. The van der Waals surface area contributed by atoms with Crippen molar-refractivity contribution in [1.29, 1.82) is 0 Å². The summed E-state index contributed by atoms with van der Waals surface area (Å²) in [5.41, 5.74) is 3.77. The molecule has 8 heteroatoms. The van der Waals surface area contributed by atoms with E-state index in [1.807, 2.05) is 0 Å². The number of benzene rings is 4. The number of carbonyl (C=O) groups excluding carboxylic acids is 3. The van der Waals surface area contributed by atoms with Crippen molar-refractivity contribution in [2.75, 3.05) is 0 Å². The number of hydrogen-bond acceptors (Lipinski definition) is 7. The number of nitrogens with one attached hydrogen (secondary N) is 1. The minimum atomic E-state index is -1.39. The van der Waals surface area contributed by atoms with Crippen molar-refractivity contribution < 1.29 is 29.0 Å². The molecule has 4 rings (SSSR count). The van der Waals surface area contributed by atoms with Crippen LogP contribution < -0.4 is 14.9 Å². The summed E-state index contributed by atoms with van der Waals surface area (Å²) in [6.07, 6.45) is -0.0846. The van der Waals surface area contributed by atoms with E-state index in [9.17, 15) is 19.5 Å². The third-order valence-corrected chi connectivity index (χ3v) is 5.14. The van der Waals surface area contributed by atoms with E-state index in [1.54, 1.807) is 97.1 Å². The van der Waals surface area contributed by atoms with Crippen LogP contribution in [0.15, 0.2) is 114 Å². The quantitative estimate of drug-likeness (QED) is 0.163. The monoisotopic (exact) mass is 494 g/mol. The molecule has 4 aromatic rings. The smallest absolute Gasteiger partial charge is 0.343 e. The Labute approximate surface area is 212 Å². The fourth-order valence-electron chi connectivity index (χ4n) is 3.25. The van der Waals surface area contributed by atoms with Crippen LogP contribution in [0.5, 0.6) is 11.5 Å². The van der Waals surface area contributed by atoms with Gasteiger partial charge in [0.1, 0.15) is 0 Å². The van der Waals surface area contributed by atoms with E-state index in [-0.39, 0.29) is 11.5 Å². The van der Waals surface area contributed by atoms with Crippen LogP contribution in [0.25, 0.3) is 0 Å². The van der Waals surface area contributed by atoms with Gasteiger partial charge in [-0.2, -0.15) is 5.10 Å². The molecule has 0 aliphatic carbocycles. The fourth-order valence-corrected chi connectivity index (χ4v) is 3.25. The lowest BCUT2D eigenvalue weighted by molar-refractivity contribution is -0.129. The highest BCUT2D eigenvalue weighted by Gasteiger charge is 2.18. The summed E-state index contributed by atoms with van der Waals surface area (Å²) in [4.78, 5) is 37.5. The molecule has 1 amide bonds. The Hall–Kier alpha value is -5.08. The van der Waals surface area contributed by atoms with Crippen LogP contribution >= 0.6 is 0 Å². The molecule has 37 heavy (non-hydrogen) atoms. The molecular weight excluding hydrogens is 472 g/mol. The summed E-state index contributed by atoms with van der Waals surface area (Å²) in [6, 6.07) is 29.6. The fraction of sp³-hybridized carbons (Fsp3) is 0.0345. The first-order valence-electron chi connectivity index (χ1n) is 11.3. The molecule has 0 radical (unpaired) electrons. The van der Waals surface area contributed by atoms with Gasteiger partial charge >= 0.3 is 11.9 Å². The second-order valence-corrected chi connectivity index (χ2v) is 7.76. The number of hydrogen-bond donors (Lipinski definition) is 2. The summed E-state index contributed by atoms with van der Waals surface area (Å²) in [6.45, 7) is 0. The Balaban J connectivity index is 1.52. The Morgan fingerprint density at radius 3 is 1.78 bits per heavy atom. The summed E-state index contributed by atoms with van der Waals surface area (Å²) in [5.74, 6) is -1.98. The molecule has 184 valence electrons. The molecule has 0 aliphatic heterocycles. The highest BCUT2D eigenvalue weighted by molar-refractivity contribution is 5.94. The number of rotatable bonds is 8. The number of carbonyl (C=O) groups is 3. The minimum absolute atomic E-state index is 0.0160. The zero-order chi connectivity index (χ0) is 26.0. The Kier molecular flexibility index (Phi) is 8.15. The third-order valence-electron chi connectivity index (χ3n) is 5.14. The molecule has 0 aliphatic rings. The molecule has 0 saturated carbocycles. The van der Waals surface area contributed by atoms with Crippen molar-refractivity contribution in [2.24, 2.45) is 5.10 Å². The van der Waals surface area contributed by atoms with E-state index in [2.05, 4.69) is 10.5 Å². The second-order valence-electron chi connectivity index (χ2n) is 7.76. The molecule has 0 fully saturated rings. The molecule has 0 heterocycles. The molecule has 0 spiro atoms. The predicted molar refractivity (Wildman–Crippen MR) is 136 cm³/mol. The summed E-state index contributed by atoms with van der Waals surface area (Å²) < 4.78 is 11.0. The van der Waals surface area contributed by atoms with Crippen LogP contribution in [0.3, 0.4) is 0 Å². The van der Waals surface area contributed by atoms with Crippen molar-refractivity contribution in [1.82, 2.24) is 5.43 Å². The van der Waals surface area contributed by atoms with Crippen LogP contribution in [0.4, 0.5) is 0 Å². The summed E-state index contributed by atoms with van der Waals surface area (Å²) in [7, 11) is 0. The minimum Gasteiger partial charge on any atom is -0.419 e. The van der Waals surface area contributed by atoms with Gasteiger partial charge in [0.05, 0.1) is 17.3 Å². The number of esters is 2. The Morgan fingerprint density at radius 2 is 1.22 bits per heavy atom. The lowest BCUT2D eigenvalue weighted by Gasteiger charge is -2.12. The first kappa shape index (κ1) is 25.0. The van der Waals surface area contributed by atoms with Gasteiger partial charge in [0.15, 0.2) is 17.6 Å². The van der Waals surface area contributed by atoms with Crippen LogP contribution in [-0.2, 0) is 4.79 Å². The summed E-state index contributed by atoms with van der Waals surface area (Å²) in [5, 5.41) is 14.0. The topological polar surface area (TPSA) is 114 Å². The van der Waals surface area contributed by atoms with Crippen LogP contribution in [0, 0.1) is 0 Å². The Morgan fingerprint density at radius 1 is 0.703 bits per heavy atom. The lowest BCUT2D eigenvalue weighted by Crippen LogP contribution is -2.25. The van der Waals surface area contributed by atoms with Gasteiger partial charge in [-0.3, -0.25) is 4.79 Å². The molecule has 8 nitrogen and oxygen atoms in total. The maximum atomic E-state index is 12.7. The van der Waals surface area contributed by atoms with Gasteiger partial charge < -0.3 is 14.6 Å². The molecule has 4 aromatic carbocycles. The highest BCUT2D eigenvalue weighted by Crippen LogP contribution is 2.30. The van der Waals surface area contributed by atoms with Crippen molar-refractivity contribution in [3.8, 4) is 11.5 Å². The zero-order valence-electron chi connectivity index (χ0n) is 19.5. The number of aliphatic hydroxyl groups excluding tert-OH is 1. The second kappa shape index (κ2) is 12.1. The molecule has 0 saturated heterocycles. The average Bonchev–Trinajstić information content (AvgIpc) is 2.95. The largest absolute Gasteiger partial charge is 0.419 e. The third kappa shape index (κ3) is 6.74. The number of ether oxygens (including phenoxy) is 2. The molecule has 2 N–H and O–H groups in total. The van der Waals surface area contributed by atoms with Crippen molar-refractivity contribution >= 4 is 24.1 Å². The normalized spacial score (nSPS) is 11.5. The average molecular weight is 495 g/mol. The maximum Gasteiger partial charge on any atom is 0.343 e. The lowest BCUT2D eigenvalue weighted by atomic mass is 10.1. The van der Waals surface area contributed by atoms with Gasteiger partial charge in [-0.05, 0) is 53.6 Å². The van der Waals surface area contributed by atoms with Crippen molar-refractivity contribution in [3.05, 3.63) is 131 Å². The predicted octanol–water partition coefficient (Wildman–Crippen LogP) is 4.31. The maximum absolute atomic E-state index is 12.7. The Bertz CT molecular complexity index is 1410. The van der Waals surface area contributed by atoms with Crippen LogP contribution in [0.1, 0.15) is 37.9 Å². The first-order chi connectivity index (χ1) is 18.0. The molecule has 1 unspecified atom stereocenters. The first-order valence-corrected chi connectivity index (χ1v) is 11.3. The number of amides is 1. The molecule has 0 bridgehead atoms. The van der Waals surface area contributed by atoms with E-state index in [1.165, 1.54) is 18.3 Å². The van der Waals surface area contributed by atoms with Gasteiger partial charge in [-0.25, -0.2) is 15.0 Å². The molecule has 0 aromatic heterocycles. The van der Waals surface area contributed by atoms with Crippen LogP contribution in [0.2, 0.25) is 0 Å². The van der Waals surface area contributed by atoms with Crippen molar-refractivity contribution in [2.45, 2.75) is 6.10 Å². The standard InChI is InChI=1S/C29H22N2O6/c32-26(21-10-4-1-5-11-21)27(33)31-30-19-20-16-17-24(36-28(34)22-12-6-2-7-13-22)25(18-20)37-29(35)23-14-8-3-9-15-23/h1-19,26,32H,(H,31,33)/b30-19+. The molecule has 1 atom stereocenters. The van der Waals surface area contributed by atoms with Gasteiger partial charge in [0, 0.05) is 0 Å². The van der Waals surface area contributed by atoms with E-state index < -0.39 is 23.9 Å². The van der Waals surface area contributed by atoms with E-state index in [4.69, 9.17) is 9.47 Å². The van der Waals surface area contributed by atoms with E-state index >= 15 is 0 Å². The highest BCUT2D eigenvalue weighted by atomic mass is 16.6. The number of hydrazone groups is 1. The van der Waals surface area contributed by atoms with Crippen LogP contribution in [-0.4, -0.2) is 29.2 Å². The zero-order valence-corrected chi connectivity index (χ0v) is 19.5.